The van der Waals surface area contributed by atoms with Crippen LogP contribution in [0.25, 0.3) is 10.8 Å². The molecule has 0 spiro atoms. The van der Waals surface area contributed by atoms with Crippen LogP contribution in [0.1, 0.15) is 109 Å². The van der Waals surface area contributed by atoms with Gasteiger partial charge in [-0.05, 0) is 81.7 Å². The van der Waals surface area contributed by atoms with Gasteiger partial charge >= 0.3 is 6.03 Å². The van der Waals surface area contributed by atoms with Gasteiger partial charge in [0.1, 0.15) is 11.6 Å². The molecule has 2 aromatic rings. The number of hydrogen-bond acceptors (Lipinski definition) is 10. The van der Waals surface area contributed by atoms with Crippen molar-refractivity contribution in [3.05, 3.63) is 59.9 Å². The molecule has 58 heavy (non-hydrogen) atoms. The second-order valence-corrected chi connectivity index (χ2v) is 16.1. The van der Waals surface area contributed by atoms with E-state index in [1.54, 1.807) is 19.1 Å². The highest BCUT2D eigenvalue weighted by Crippen LogP contribution is 2.28. The van der Waals surface area contributed by atoms with Gasteiger partial charge in [0, 0.05) is 37.3 Å². The number of amides is 6. The second kappa shape index (κ2) is 23.5. The number of aliphatic hydroxyl groups is 2. The third-order valence-corrected chi connectivity index (χ3v) is 10.7. The Morgan fingerprint density at radius 3 is 2.21 bits per heavy atom. The van der Waals surface area contributed by atoms with Crippen LogP contribution in [0.15, 0.2) is 54.4 Å². The lowest BCUT2D eigenvalue weighted by molar-refractivity contribution is -0.138. The Morgan fingerprint density at radius 2 is 1.64 bits per heavy atom. The molecule has 2 saturated carbocycles. The number of primary amides is 1. The maximum atomic E-state index is 13.7. The van der Waals surface area contributed by atoms with Crippen molar-refractivity contribution >= 4 is 40.9 Å². The molecule has 16 heteroatoms. The summed E-state index contributed by atoms with van der Waals surface area (Å²) in [7, 11) is 0. The first kappa shape index (κ1) is 47.4. The predicted octanol–water partition coefficient (Wildman–Crippen LogP) is 2.47. The Balaban J connectivity index is 0.000000791. The van der Waals surface area contributed by atoms with E-state index in [0.717, 1.165) is 29.5 Å². The number of carbonyl (C=O) groups is 5. The molecule has 6 amide bonds. The number of hydrogen-bond donors (Lipinski definition) is 9. The van der Waals surface area contributed by atoms with E-state index in [4.69, 9.17) is 16.4 Å². The third kappa shape index (κ3) is 15.4. The lowest BCUT2D eigenvalue weighted by Gasteiger charge is -2.34. The van der Waals surface area contributed by atoms with Crippen LogP contribution in [0.2, 0.25) is 0 Å². The van der Waals surface area contributed by atoms with Gasteiger partial charge in [0.15, 0.2) is 0 Å². The number of nitrogens with two attached hydrogens (primary N) is 3. The molecular formula is C42H67N9O7. The van der Waals surface area contributed by atoms with Crippen molar-refractivity contribution in [2.75, 3.05) is 19.6 Å². The number of unbranched alkanes of at least 4 members (excludes halogenated alkanes) is 1. The van der Waals surface area contributed by atoms with Gasteiger partial charge in [0.05, 0.1) is 30.4 Å². The molecule has 1 aliphatic heterocycles. The normalized spacial score (nSPS) is 19.3. The molecule has 0 radical (unpaired) electrons. The van der Waals surface area contributed by atoms with E-state index in [2.05, 4.69) is 33.9 Å². The van der Waals surface area contributed by atoms with E-state index in [1.165, 1.54) is 62.1 Å². The highest BCUT2D eigenvalue weighted by atomic mass is 16.3. The van der Waals surface area contributed by atoms with E-state index < -0.39 is 47.6 Å². The Hall–Kier alpha value is -4.93. The van der Waals surface area contributed by atoms with Crippen molar-refractivity contribution in [1.29, 1.82) is 0 Å². The van der Waals surface area contributed by atoms with Crippen molar-refractivity contribution in [2.24, 2.45) is 23.2 Å². The zero-order chi connectivity index (χ0) is 42.8. The SMILES string of the molecule is CC(O)C(CCCCNC(=O)NC1CC1)NC(=O)C1CC(N(N)/C(=C\N)C(C)(C)O)CN1C(=O)CNC(=O)c1ccc2ccccc2c1.CC1CCCCC1.NC=O. The van der Waals surface area contributed by atoms with Crippen LogP contribution in [0.4, 0.5) is 4.79 Å². The summed E-state index contributed by atoms with van der Waals surface area (Å²) in [5, 5.41) is 35.5. The molecule has 4 atom stereocenters. The van der Waals surface area contributed by atoms with E-state index in [0.29, 0.717) is 31.4 Å². The van der Waals surface area contributed by atoms with Crippen LogP contribution in [0.3, 0.4) is 0 Å². The standard InChI is InChI=1S/C34H50N8O6.C7H14.CH3NO/c1-21(43)27(10-6-7-15-37-33(47)39-25-13-14-25)40-32(46)28-17-26(42(36)29(18-35)34(2,3)48)20-41(28)30(44)19-38-31(45)24-12-11-22-8-4-5-9-23(22)16-24;1-7-5-3-2-4-6-7;2-1-3/h4-5,8-9,11-12,16,18,21,25-28,43,48H,6-7,10,13-15,17,19-20,35-36H2,1-3H3,(H,38,45)(H,40,46)(H2,37,39,47);7H,2-6H2,1H3;1H,(H2,2,3)/b29-18-;;. The minimum absolute atomic E-state index is 0.0284. The number of aliphatic hydroxyl groups excluding tert-OH is 1. The largest absolute Gasteiger partial charge is 0.403 e. The van der Waals surface area contributed by atoms with E-state index in [-0.39, 0.29) is 43.7 Å². The number of likely N-dealkylation sites (tertiary alicyclic amines) is 1. The number of nitrogens with one attached hydrogen (secondary N) is 4. The van der Waals surface area contributed by atoms with Gasteiger partial charge < -0.3 is 52.9 Å². The summed E-state index contributed by atoms with van der Waals surface area (Å²) in [6.45, 7) is 7.12. The Morgan fingerprint density at radius 1 is 0.983 bits per heavy atom. The summed E-state index contributed by atoms with van der Waals surface area (Å²) < 4.78 is 0. The van der Waals surface area contributed by atoms with Gasteiger partial charge in [-0.15, -0.1) is 0 Å². The number of hydrazine groups is 1. The Bertz CT molecular complexity index is 1670. The van der Waals surface area contributed by atoms with Crippen molar-refractivity contribution in [3.8, 4) is 0 Å². The van der Waals surface area contributed by atoms with Gasteiger partial charge in [0.25, 0.3) is 5.91 Å². The molecule has 4 unspecified atom stereocenters. The third-order valence-electron chi connectivity index (χ3n) is 10.7. The quantitative estimate of drug-likeness (QED) is 0.0550. The van der Waals surface area contributed by atoms with Crippen molar-refractivity contribution < 1.29 is 34.2 Å². The zero-order valence-electron chi connectivity index (χ0n) is 34.6. The molecule has 0 bridgehead atoms. The monoisotopic (exact) mass is 810 g/mol. The number of fused-ring (bicyclic) bond motifs is 1. The molecule has 1 heterocycles. The van der Waals surface area contributed by atoms with E-state index >= 15 is 0 Å². The molecule has 12 N–H and O–H groups in total. The molecule has 2 aromatic carbocycles. The van der Waals surface area contributed by atoms with E-state index in [9.17, 15) is 29.4 Å². The fraction of sp³-hybridized carbons (Fsp3) is 0.595. The van der Waals surface area contributed by atoms with Crippen LogP contribution in [-0.2, 0) is 14.4 Å². The molecule has 3 fully saturated rings. The molecule has 2 aliphatic carbocycles. The predicted molar refractivity (Wildman–Crippen MR) is 224 cm³/mol. The first-order chi connectivity index (χ1) is 27.6. The smallest absolute Gasteiger partial charge is 0.315 e. The minimum atomic E-state index is -1.39. The maximum absolute atomic E-state index is 13.7. The summed E-state index contributed by atoms with van der Waals surface area (Å²) in [5.74, 6) is 6.02. The Labute approximate surface area is 342 Å². The summed E-state index contributed by atoms with van der Waals surface area (Å²) in [4.78, 5) is 62.1. The average molecular weight is 810 g/mol. The summed E-state index contributed by atoms with van der Waals surface area (Å²) in [6.07, 6.45) is 11.8. The Kier molecular flexibility index (Phi) is 19.2. The van der Waals surface area contributed by atoms with Gasteiger partial charge in [-0.25, -0.2) is 10.6 Å². The lowest BCUT2D eigenvalue weighted by Crippen LogP contribution is -2.52. The molecule has 0 aromatic heterocycles. The van der Waals surface area contributed by atoms with Crippen LogP contribution in [-0.4, -0.2) is 106 Å². The lowest BCUT2D eigenvalue weighted by atomic mass is 9.91. The molecule has 322 valence electrons. The second-order valence-electron chi connectivity index (χ2n) is 16.1. The molecular weight excluding hydrogens is 743 g/mol. The van der Waals surface area contributed by atoms with Crippen LogP contribution < -0.4 is 38.6 Å². The van der Waals surface area contributed by atoms with Gasteiger partial charge in [0.2, 0.25) is 18.2 Å². The van der Waals surface area contributed by atoms with Gasteiger partial charge in [-0.3, -0.25) is 19.2 Å². The number of benzene rings is 2. The number of nitrogens with zero attached hydrogens (tertiary/aromatic N) is 2. The van der Waals surface area contributed by atoms with Crippen molar-refractivity contribution in [2.45, 2.75) is 134 Å². The highest BCUT2D eigenvalue weighted by Gasteiger charge is 2.43. The first-order valence-electron chi connectivity index (χ1n) is 20.5. The molecule has 5 rings (SSSR count). The topological polar surface area (TPSA) is 258 Å². The van der Waals surface area contributed by atoms with Crippen LogP contribution in [0.5, 0.6) is 0 Å². The summed E-state index contributed by atoms with van der Waals surface area (Å²) in [6, 6.07) is 10.8. The summed E-state index contributed by atoms with van der Waals surface area (Å²) in [5.41, 5.74) is 9.17. The minimum Gasteiger partial charge on any atom is -0.403 e. The van der Waals surface area contributed by atoms with Crippen LogP contribution in [0, 0.1) is 5.92 Å². The van der Waals surface area contributed by atoms with Crippen molar-refractivity contribution in [3.63, 3.8) is 0 Å². The number of rotatable bonds is 15. The van der Waals surface area contributed by atoms with Crippen molar-refractivity contribution in [1.82, 2.24) is 31.2 Å². The molecule has 1 saturated heterocycles. The fourth-order valence-electron chi connectivity index (χ4n) is 7.21. The average Bonchev–Trinajstić information content (AvgIpc) is 3.88. The molecule has 3 aliphatic rings. The maximum Gasteiger partial charge on any atom is 0.315 e. The fourth-order valence-corrected chi connectivity index (χ4v) is 7.21. The van der Waals surface area contributed by atoms with Crippen LogP contribution >= 0.6 is 0 Å². The summed E-state index contributed by atoms with van der Waals surface area (Å²) >= 11 is 0. The molecule has 16 nitrogen and oxygen atoms in total. The highest BCUT2D eigenvalue weighted by molar-refractivity contribution is 6.00. The zero-order valence-corrected chi connectivity index (χ0v) is 34.6. The first-order valence-corrected chi connectivity index (χ1v) is 20.5. The van der Waals surface area contributed by atoms with Gasteiger partial charge in [-0.2, -0.15) is 0 Å². The van der Waals surface area contributed by atoms with Gasteiger partial charge in [-0.1, -0.05) is 69.4 Å². The number of carbonyl (C=O) groups excluding carboxylic acids is 5. The number of urea groups is 1. The van der Waals surface area contributed by atoms with E-state index in [1.807, 2.05) is 30.3 Å².